The lowest BCUT2D eigenvalue weighted by Crippen LogP contribution is -2.06. The standard InChI is InChI=1S/C16H18N4/c1-4-14-19-15-11(2)9-12(3)18-16(15)20(14)10-13-7-5-6-8-17-13/h5-9H,4,10H2,1-3H3. The van der Waals surface area contributed by atoms with E-state index in [1.807, 2.05) is 31.3 Å². The number of hydrogen-bond acceptors (Lipinski definition) is 3. The summed E-state index contributed by atoms with van der Waals surface area (Å²) in [6, 6.07) is 8.06. The van der Waals surface area contributed by atoms with E-state index in [-0.39, 0.29) is 0 Å². The molecule has 0 aliphatic heterocycles. The second kappa shape index (κ2) is 5.04. The monoisotopic (exact) mass is 266 g/mol. The van der Waals surface area contributed by atoms with E-state index in [2.05, 4.69) is 34.4 Å². The van der Waals surface area contributed by atoms with E-state index in [0.717, 1.165) is 41.3 Å². The summed E-state index contributed by atoms with van der Waals surface area (Å²) in [6.45, 7) is 6.96. The van der Waals surface area contributed by atoms with Gasteiger partial charge in [-0.15, -0.1) is 0 Å². The summed E-state index contributed by atoms with van der Waals surface area (Å²) in [6.07, 6.45) is 2.71. The van der Waals surface area contributed by atoms with Crippen LogP contribution in [0.15, 0.2) is 30.5 Å². The van der Waals surface area contributed by atoms with Crippen molar-refractivity contribution >= 4 is 11.2 Å². The molecule has 0 N–H and O–H groups in total. The van der Waals surface area contributed by atoms with Crippen molar-refractivity contribution in [3.05, 3.63) is 53.2 Å². The Kier molecular flexibility index (Phi) is 3.22. The van der Waals surface area contributed by atoms with Crippen LogP contribution in [0.25, 0.3) is 11.2 Å². The van der Waals surface area contributed by atoms with Crippen molar-refractivity contribution in [3.8, 4) is 0 Å². The molecule has 0 radical (unpaired) electrons. The van der Waals surface area contributed by atoms with Gasteiger partial charge in [-0.25, -0.2) is 9.97 Å². The molecule has 102 valence electrons. The van der Waals surface area contributed by atoms with Crippen LogP contribution in [-0.4, -0.2) is 19.5 Å². The maximum absolute atomic E-state index is 4.74. The van der Waals surface area contributed by atoms with Crippen LogP contribution >= 0.6 is 0 Å². The van der Waals surface area contributed by atoms with Crippen LogP contribution in [0.2, 0.25) is 0 Å². The number of hydrogen-bond donors (Lipinski definition) is 0. The van der Waals surface area contributed by atoms with Crippen molar-refractivity contribution in [1.29, 1.82) is 0 Å². The normalized spacial score (nSPS) is 11.2. The van der Waals surface area contributed by atoms with Crippen molar-refractivity contribution in [2.45, 2.75) is 33.7 Å². The van der Waals surface area contributed by atoms with Gasteiger partial charge in [0.2, 0.25) is 0 Å². The Hall–Kier alpha value is -2.23. The summed E-state index contributed by atoms with van der Waals surface area (Å²) >= 11 is 0. The zero-order chi connectivity index (χ0) is 14.1. The Balaban J connectivity index is 2.17. The molecule has 3 heterocycles. The maximum atomic E-state index is 4.74. The van der Waals surface area contributed by atoms with E-state index in [9.17, 15) is 0 Å². The molecule has 0 aliphatic rings. The lowest BCUT2D eigenvalue weighted by atomic mass is 10.2. The van der Waals surface area contributed by atoms with Gasteiger partial charge in [-0.2, -0.15) is 0 Å². The molecule has 0 unspecified atom stereocenters. The minimum Gasteiger partial charge on any atom is -0.307 e. The van der Waals surface area contributed by atoms with E-state index in [1.54, 1.807) is 0 Å². The van der Waals surface area contributed by atoms with Crippen molar-refractivity contribution in [1.82, 2.24) is 19.5 Å². The molecule has 0 amide bonds. The number of aryl methyl sites for hydroxylation is 3. The minimum atomic E-state index is 0.719. The lowest BCUT2D eigenvalue weighted by Gasteiger charge is -2.07. The third-order valence-corrected chi connectivity index (χ3v) is 3.46. The molecule has 0 aromatic carbocycles. The smallest absolute Gasteiger partial charge is 0.160 e. The molecule has 0 spiro atoms. The van der Waals surface area contributed by atoms with Gasteiger partial charge in [0.15, 0.2) is 5.65 Å². The highest BCUT2D eigenvalue weighted by Crippen LogP contribution is 2.20. The zero-order valence-electron chi connectivity index (χ0n) is 12.1. The van der Waals surface area contributed by atoms with Crippen molar-refractivity contribution < 1.29 is 0 Å². The SMILES string of the molecule is CCc1nc2c(C)cc(C)nc2n1Cc1ccccn1. The van der Waals surface area contributed by atoms with Gasteiger partial charge in [-0.05, 0) is 37.6 Å². The number of nitrogens with zero attached hydrogens (tertiary/aromatic N) is 4. The van der Waals surface area contributed by atoms with E-state index in [0.29, 0.717) is 0 Å². The van der Waals surface area contributed by atoms with E-state index >= 15 is 0 Å². The Morgan fingerprint density at radius 2 is 2.00 bits per heavy atom. The molecular weight excluding hydrogens is 248 g/mol. The summed E-state index contributed by atoms with van der Waals surface area (Å²) in [7, 11) is 0. The van der Waals surface area contributed by atoms with E-state index in [1.165, 1.54) is 5.56 Å². The van der Waals surface area contributed by atoms with Crippen molar-refractivity contribution in [2.75, 3.05) is 0 Å². The number of rotatable bonds is 3. The molecule has 3 aromatic rings. The molecule has 0 atom stereocenters. The molecule has 0 saturated heterocycles. The molecule has 3 aromatic heterocycles. The second-order valence-corrected chi connectivity index (χ2v) is 5.04. The van der Waals surface area contributed by atoms with Gasteiger partial charge in [0.05, 0.1) is 12.2 Å². The highest BCUT2D eigenvalue weighted by atomic mass is 15.1. The third-order valence-electron chi connectivity index (χ3n) is 3.46. The average molecular weight is 266 g/mol. The summed E-state index contributed by atoms with van der Waals surface area (Å²) in [4.78, 5) is 13.8. The van der Waals surface area contributed by atoms with Crippen LogP contribution < -0.4 is 0 Å². The Morgan fingerprint density at radius 3 is 2.70 bits per heavy atom. The molecule has 4 nitrogen and oxygen atoms in total. The summed E-state index contributed by atoms with van der Waals surface area (Å²) in [5, 5.41) is 0. The van der Waals surface area contributed by atoms with Gasteiger partial charge in [-0.3, -0.25) is 4.98 Å². The number of imidazole rings is 1. The molecule has 4 heteroatoms. The fraction of sp³-hybridized carbons (Fsp3) is 0.312. The second-order valence-electron chi connectivity index (χ2n) is 5.04. The fourth-order valence-corrected chi connectivity index (χ4v) is 2.54. The van der Waals surface area contributed by atoms with Gasteiger partial charge >= 0.3 is 0 Å². The van der Waals surface area contributed by atoms with Gasteiger partial charge < -0.3 is 4.57 Å². The quantitative estimate of drug-likeness (QED) is 0.731. The van der Waals surface area contributed by atoms with Crippen LogP contribution in [0.5, 0.6) is 0 Å². The molecule has 0 fully saturated rings. The Bertz CT molecular complexity index is 744. The first-order chi connectivity index (χ1) is 9.69. The zero-order valence-corrected chi connectivity index (χ0v) is 12.1. The first-order valence-electron chi connectivity index (χ1n) is 6.92. The summed E-state index contributed by atoms with van der Waals surface area (Å²) in [5.74, 6) is 1.06. The van der Waals surface area contributed by atoms with Gasteiger partial charge in [-0.1, -0.05) is 13.0 Å². The van der Waals surface area contributed by atoms with Crippen LogP contribution in [-0.2, 0) is 13.0 Å². The van der Waals surface area contributed by atoms with Crippen LogP contribution in [0, 0.1) is 13.8 Å². The lowest BCUT2D eigenvalue weighted by molar-refractivity contribution is 0.729. The number of aromatic nitrogens is 4. The van der Waals surface area contributed by atoms with Crippen molar-refractivity contribution in [2.24, 2.45) is 0 Å². The predicted octanol–water partition coefficient (Wildman–Crippen LogP) is 3.05. The average Bonchev–Trinajstić information content (AvgIpc) is 2.78. The first kappa shape index (κ1) is 12.8. The maximum Gasteiger partial charge on any atom is 0.160 e. The van der Waals surface area contributed by atoms with Crippen molar-refractivity contribution in [3.63, 3.8) is 0 Å². The Morgan fingerprint density at radius 1 is 1.15 bits per heavy atom. The molecule has 0 bridgehead atoms. The third kappa shape index (κ3) is 2.18. The summed E-state index contributed by atoms with van der Waals surface area (Å²) < 4.78 is 2.18. The van der Waals surface area contributed by atoms with Gasteiger partial charge in [0.25, 0.3) is 0 Å². The van der Waals surface area contributed by atoms with Gasteiger partial charge in [0, 0.05) is 18.3 Å². The molecule has 0 aliphatic carbocycles. The fourth-order valence-electron chi connectivity index (χ4n) is 2.54. The highest BCUT2D eigenvalue weighted by molar-refractivity contribution is 5.76. The molecule has 0 saturated carbocycles. The van der Waals surface area contributed by atoms with Gasteiger partial charge in [0.1, 0.15) is 11.3 Å². The summed E-state index contributed by atoms with van der Waals surface area (Å²) in [5.41, 5.74) is 5.21. The minimum absolute atomic E-state index is 0.719. The molecular formula is C16H18N4. The van der Waals surface area contributed by atoms with Crippen LogP contribution in [0.3, 0.4) is 0 Å². The molecule has 20 heavy (non-hydrogen) atoms. The Labute approximate surface area is 118 Å². The largest absolute Gasteiger partial charge is 0.307 e. The van der Waals surface area contributed by atoms with E-state index < -0.39 is 0 Å². The highest BCUT2D eigenvalue weighted by Gasteiger charge is 2.13. The predicted molar refractivity (Wildman–Crippen MR) is 79.7 cm³/mol. The number of pyridine rings is 2. The number of fused-ring (bicyclic) bond motifs is 1. The molecule has 3 rings (SSSR count). The van der Waals surface area contributed by atoms with Crippen LogP contribution in [0.4, 0.5) is 0 Å². The first-order valence-corrected chi connectivity index (χ1v) is 6.92. The topological polar surface area (TPSA) is 43.6 Å². The van der Waals surface area contributed by atoms with Crippen LogP contribution in [0.1, 0.15) is 29.7 Å². The van der Waals surface area contributed by atoms with E-state index in [4.69, 9.17) is 4.98 Å².